The van der Waals surface area contributed by atoms with Gasteiger partial charge in [0.25, 0.3) is 0 Å². The minimum absolute atomic E-state index is 0.0532. The second-order valence-corrected chi connectivity index (χ2v) is 5.45. The van der Waals surface area contributed by atoms with E-state index in [0.29, 0.717) is 5.92 Å². The van der Waals surface area contributed by atoms with Gasteiger partial charge in [0.15, 0.2) is 0 Å². The molecule has 3 heteroatoms. The van der Waals surface area contributed by atoms with Crippen LogP contribution in [-0.4, -0.2) is 23.3 Å². The van der Waals surface area contributed by atoms with Crippen molar-refractivity contribution >= 4 is 5.97 Å². The molecule has 1 fully saturated rings. The maximum Gasteiger partial charge on any atom is 0.308 e. The molecule has 0 aromatic heterocycles. The van der Waals surface area contributed by atoms with Crippen LogP contribution in [0.5, 0.6) is 0 Å². The van der Waals surface area contributed by atoms with Gasteiger partial charge in [-0.05, 0) is 39.0 Å². The smallest absolute Gasteiger partial charge is 0.308 e. The monoisotopic (exact) mass is 240 g/mol. The molecule has 1 aliphatic rings. The highest BCUT2D eigenvalue weighted by atomic mass is 16.5. The zero-order chi connectivity index (χ0) is 13.0. The van der Waals surface area contributed by atoms with E-state index in [-0.39, 0.29) is 24.4 Å². The number of carbonyl (C=O) groups excluding carboxylic acids is 1. The highest BCUT2D eigenvalue weighted by Crippen LogP contribution is 2.34. The summed E-state index contributed by atoms with van der Waals surface area (Å²) in [5.74, 6) is 0.574. The lowest BCUT2D eigenvalue weighted by Crippen LogP contribution is -2.34. The minimum atomic E-state index is -0.633. The highest BCUT2D eigenvalue weighted by Gasteiger charge is 2.31. The Morgan fingerprint density at radius 3 is 2.71 bits per heavy atom. The van der Waals surface area contributed by atoms with Gasteiger partial charge in [0, 0.05) is 5.92 Å². The molecule has 0 aliphatic heterocycles. The zero-order valence-corrected chi connectivity index (χ0v) is 11.1. The van der Waals surface area contributed by atoms with E-state index in [2.05, 4.69) is 13.5 Å². The number of esters is 1. The van der Waals surface area contributed by atoms with E-state index >= 15 is 0 Å². The molecule has 1 N–H and O–H groups in total. The van der Waals surface area contributed by atoms with Crippen LogP contribution >= 0.6 is 0 Å². The number of ether oxygens (including phenoxy) is 1. The van der Waals surface area contributed by atoms with Gasteiger partial charge in [0.2, 0.25) is 0 Å². The van der Waals surface area contributed by atoms with E-state index in [4.69, 9.17) is 9.84 Å². The molecule has 4 atom stereocenters. The Bertz CT molecular complexity index is 283. The summed E-state index contributed by atoms with van der Waals surface area (Å²) >= 11 is 0. The molecule has 0 radical (unpaired) electrons. The van der Waals surface area contributed by atoms with Crippen molar-refractivity contribution < 1.29 is 14.6 Å². The molecular weight excluding hydrogens is 216 g/mol. The molecule has 98 valence electrons. The first-order valence-electron chi connectivity index (χ1n) is 6.43. The standard InChI is InChI=1S/C14H24O3/c1-9(2)12-6-5-10(3)7-13(12)17-14(16)8-11(4)15/h10-13,15H,1,5-8H2,2-4H3. The average molecular weight is 240 g/mol. The molecule has 4 unspecified atom stereocenters. The van der Waals surface area contributed by atoms with Crippen LogP contribution in [0.1, 0.15) is 46.5 Å². The van der Waals surface area contributed by atoms with Crippen molar-refractivity contribution in [3.8, 4) is 0 Å². The summed E-state index contributed by atoms with van der Waals surface area (Å²) < 4.78 is 5.49. The Labute approximate surface area is 104 Å². The first-order chi connectivity index (χ1) is 7.90. The Hall–Kier alpha value is -0.830. The highest BCUT2D eigenvalue weighted by molar-refractivity contribution is 5.70. The number of carbonyl (C=O) groups is 1. The third-order valence-corrected chi connectivity index (χ3v) is 3.43. The summed E-state index contributed by atoms with van der Waals surface area (Å²) in [6.07, 6.45) is 2.51. The van der Waals surface area contributed by atoms with Crippen molar-refractivity contribution in [2.45, 2.75) is 58.7 Å². The largest absolute Gasteiger partial charge is 0.462 e. The molecular formula is C14H24O3. The molecule has 1 saturated carbocycles. The fraction of sp³-hybridized carbons (Fsp3) is 0.786. The SMILES string of the molecule is C=C(C)C1CCC(C)CC1OC(=O)CC(C)O. The van der Waals surface area contributed by atoms with Gasteiger partial charge in [-0.25, -0.2) is 0 Å². The quantitative estimate of drug-likeness (QED) is 0.607. The van der Waals surface area contributed by atoms with Gasteiger partial charge in [-0.15, -0.1) is 0 Å². The van der Waals surface area contributed by atoms with Gasteiger partial charge in [0.1, 0.15) is 6.10 Å². The van der Waals surface area contributed by atoms with Crippen LogP contribution < -0.4 is 0 Å². The maximum absolute atomic E-state index is 11.6. The number of aliphatic hydroxyl groups excluding tert-OH is 1. The minimum Gasteiger partial charge on any atom is -0.462 e. The average Bonchev–Trinajstić information content (AvgIpc) is 2.15. The molecule has 0 spiro atoms. The molecule has 3 nitrogen and oxygen atoms in total. The summed E-state index contributed by atoms with van der Waals surface area (Å²) in [5.41, 5.74) is 1.09. The summed E-state index contributed by atoms with van der Waals surface area (Å²) in [4.78, 5) is 11.6. The van der Waals surface area contributed by atoms with Crippen LogP contribution in [0.3, 0.4) is 0 Å². The lowest BCUT2D eigenvalue weighted by Gasteiger charge is -2.34. The summed E-state index contributed by atoms with van der Waals surface area (Å²) in [7, 11) is 0. The fourth-order valence-electron chi connectivity index (χ4n) is 2.48. The van der Waals surface area contributed by atoms with Gasteiger partial charge in [-0.2, -0.15) is 0 Å². The molecule has 0 bridgehead atoms. The molecule has 0 aromatic carbocycles. The van der Waals surface area contributed by atoms with E-state index in [1.807, 2.05) is 6.92 Å². The van der Waals surface area contributed by atoms with Crippen LogP contribution in [0.15, 0.2) is 12.2 Å². The maximum atomic E-state index is 11.6. The van der Waals surface area contributed by atoms with E-state index in [0.717, 1.165) is 18.4 Å². The summed E-state index contributed by atoms with van der Waals surface area (Å²) in [6.45, 7) is 9.76. The third kappa shape index (κ3) is 4.50. The molecule has 1 rings (SSSR count). The lowest BCUT2D eigenvalue weighted by molar-refractivity contribution is -0.155. The van der Waals surface area contributed by atoms with Gasteiger partial charge in [-0.3, -0.25) is 4.79 Å². The van der Waals surface area contributed by atoms with Crippen LogP contribution in [0.25, 0.3) is 0 Å². The van der Waals surface area contributed by atoms with Crippen molar-refractivity contribution in [3.05, 3.63) is 12.2 Å². The normalized spacial score (nSPS) is 30.7. The molecule has 0 heterocycles. The Balaban J connectivity index is 2.57. The van der Waals surface area contributed by atoms with Gasteiger partial charge >= 0.3 is 5.97 Å². The van der Waals surface area contributed by atoms with E-state index < -0.39 is 6.10 Å². The number of hydrogen-bond acceptors (Lipinski definition) is 3. The van der Waals surface area contributed by atoms with Crippen molar-refractivity contribution in [2.75, 3.05) is 0 Å². The Morgan fingerprint density at radius 1 is 1.53 bits per heavy atom. The predicted molar refractivity (Wildman–Crippen MR) is 67.5 cm³/mol. The van der Waals surface area contributed by atoms with Crippen molar-refractivity contribution in [1.82, 2.24) is 0 Å². The van der Waals surface area contributed by atoms with Gasteiger partial charge < -0.3 is 9.84 Å². The van der Waals surface area contributed by atoms with Crippen LogP contribution in [0.2, 0.25) is 0 Å². The molecule has 0 amide bonds. The number of rotatable bonds is 4. The fourth-order valence-corrected chi connectivity index (χ4v) is 2.48. The summed E-state index contributed by atoms with van der Waals surface area (Å²) in [5, 5.41) is 9.16. The third-order valence-electron chi connectivity index (χ3n) is 3.43. The Kier molecular flexibility index (Phi) is 5.19. The predicted octanol–water partition coefficient (Wildman–Crippen LogP) is 2.68. The second kappa shape index (κ2) is 6.20. The van der Waals surface area contributed by atoms with Crippen LogP contribution in [0.4, 0.5) is 0 Å². The first kappa shape index (κ1) is 14.2. The van der Waals surface area contributed by atoms with E-state index in [9.17, 15) is 4.79 Å². The van der Waals surface area contributed by atoms with Crippen molar-refractivity contribution in [2.24, 2.45) is 11.8 Å². The second-order valence-electron chi connectivity index (χ2n) is 5.45. The van der Waals surface area contributed by atoms with Gasteiger partial charge in [0.05, 0.1) is 12.5 Å². The van der Waals surface area contributed by atoms with Crippen molar-refractivity contribution in [3.63, 3.8) is 0 Å². The van der Waals surface area contributed by atoms with Crippen LogP contribution in [-0.2, 0) is 9.53 Å². The molecule has 0 aromatic rings. The molecule has 0 saturated heterocycles. The topological polar surface area (TPSA) is 46.5 Å². The Morgan fingerprint density at radius 2 is 2.18 bits per heavy atom. The van der Waals surface area contributed by atoms with Gasteiger partial charge in [-0.1, -0.05) is 19.1 Å². The van der Waals surface area contributed by atoms with Crippen LogP contribution in [0, 0.1) is 11.8 Å². The zero-order valence-electron chi connectivity index (χ0n) is 11.1. The van der Waals surface area contributed by atoms with E-state index in [1.165, 1.54) is 6.42 Å². The first-order valence-corrected chi connectivity index (χ1v) is 6.43. The number of hydrogen-bond donors (Lipinski definition) is 1. The lowest BCUT2D eigenvalue weighted by atomic mass is 9.77. The van der Waals surface area contributed by atoms with Crippen molar-refractivity contribution in [1.29, 1.82) is 0 Å². The molecule has 17 heavy (non-hydrogen) atoms. The van der Waals surface area contributed by atoms with E-state index in [1.54, 1.807) is 6.92 Å². The molecule has 1 aliphatic carbocycles. The number of aliphatic hydroxyl groups is 1. The summed E-state index contributed by atoms with van der Waals surface area (Å²) in [6, 6.07) is 0.